The summed E-state index contributed by atoms with van der Waals surface area (Å²) < 4.78 is 0. The van der Waals surface area contributed by atoms with Gasteiger partial charge in [0.15, 0.2) is 0 Å². The van der Waals surface area contributed by atoms with Crippen LogP contribution in [0.5, 0.6) is 0 Å². The number of benzene rings is 1. The Morgan fingerprint density at radius 1 is 1.00 bits per heavy atom. The molecule has 23 heavy (non-hydrogen) atoms. The van der Waals surface area contributed by atoms with Gasteiger partial charge in [0.1, 0.15) is 0 Å². The molecule has 0 fully saturated rings. The molecule has 1 aromatic rings. The first-order valence-electron chi connectivity index (χ1n) is 9.17. The van der Waals surface area contributed by atoms with Gasteiger partial charge in [-0.05, 0) is 24.8 Å². The number of amides is 1. The Morgan fingerprint density at radius 2 is 1.65 bits per heavy atom. The number of nitrogens with one attached hydrogen (secondary N) is 1. The number of carbonyl (C=O) groups excluding carboxylic acids is 1. The van der Waals surface area contributed by atoms with E-state index in [9.17, 15) is 4.79 Å². The summed E-state index contributed by atoms with van der Waals surface area (Å²) in [6.07, 6.45) is 14.2. The molecule has 0 heterocycles. The van der Waals surface area contributed by atoms with Crippen LogP contribution in [-0.4, -0.2) is 12.1 Å². The molecule has 0 atom stereocenters. The number of unbranched alkanes of at least 4 members (excludes halogenated alkanes) is 7. The monoisotopic (exact) mass is 316 g/mol. The number of hydrazone groups is 1. The van der Waals surface area contributed by atoms with E-state index < -0.39 is 0 Å². The zero-order valence-corrected chi connectivity index (χ0v) is 14.6. The van der Waals surface area contributed by atoms with Crippen LogP contribution >= 0.6 is 0 Å². The maximum atomic E-state index is 11.6. The molecule has 1 rings (SSSR count). The minimum absolute atomic E-state index is 0.0342. The predicted molar refractivity (Wildman–Crippen MR) is 98.6 cm³/mol. The topological polar surface area (TPSA) is 41.5 Å². The number of hydrogen-bond donors (Lipinski definition) is 1. The molecule has 1 amide bonds. The normalized spacial score (nSPS) is 11.0. The summed E-state index contributed by atoms with van der Waals surface area (Å²) in [4.78, 5) is 11.6. The van der Waals surface area contributed by atoms with Gasteiger partial charge in [0.05, 0.1) is 0 Å². The molecule has 0 aliphatic heterocycles. The Hall–Kier alpha value is -1.64. The van der Waals surface area contributed by atoms with E-state index >= 15 is 0 Å². The van der Waals surface area contributed by atoms with E-state index in [2.05, 4.69) is 29.6 Å². The second kappa shape index (κ2) is 14.0. The van der Waals surface area contributed by atoms with Crippen LogP contribution in [0.2, 0.25) is 0 Å². The summed E-state index contributed by atoms with van der Waals surface area (Å²) in [6, 6.07) is 10.3. The average molecular weight is 316 g/mol. The molecule has 3 heteroatoms. The predicted octanol–water partition coefficient (Wildman–Crippen LogP) is 5.25. The second-order valence-corrected chi connectivity index (χ2v) is 6.10. The van der Waals surface area contributed by atoms with Crippen molar-refractivity contribution in [3.8, 4) is 0 Å². The summed E-state index contributed by atoms with van der Waals surface area (Å²) in [6.45, 7) is 2.24. The van der Waals surface area contributed by atoms with Gasteiger partial charge in [0.25, 0.3) is 0 Å². The quantitative estimate of drug-likeness (QED) is 0.301. The van der Waals surface area contributed by atoms with Crippen LogP contribution in [0.15, 0.2) is 35.4 Å². The van der Waals surface area contributed by atoms with Crippen LogP contribution in [-0.2, 0) is 11.2 Å². The molecule has 3 nitrogen and oxygen atoms in total. The van der Waals surface area contributed by atoms with Gasteiger partial charge in [-0.1, -0.05) is 82.2 Å². The summed E-state index contributed by atoms with van der Waals surface area (Å²) in [5.74, 6) is 0.0342. The van der Waals surface area contributed by atoms with Crippen molar-refractivity contribution in [2.45, 2.75) is 77.6 Å². The van der Waals surface area contributed by atoms with Crippen molar-refractivity contribution in [1.29, 1.82) is 0 Å². The zero-order valence-electron chi connectivity index (χ0n) is 14.6. The lowest BCUT2D eigenvalue weighted by Gasteiger charge is -2.01. The minimum atomic E-state index is 0.0342. The lowest BCUT2D eigenvalue weighted by Crippen LogP contribution is -2.16. The van der Waals surface area contributed by atoms with Crippen LogP contribution in [0, 0.1) is 0 Å². The molecule has 0 aromatic heterocycles. The van der Waals surface area contributed by atoms with Crippen molar-refractivity contribution in [3.05, 3.63) is 35.9 Å². The summed E-state index contributed by atoms with van der Waals surface area (Å²) in [5, 5.41) is 4.01. The summed E-state index contributed by atoms with van der Waals surface area (Å²) in [7, 11) is 0. The van der Waals surface area contributed by atoms with Crippen molar-refractivity contribution in [3.63, 3.8) is 0 Å². The molecular weight excluding hydrogens is 284 g/mol. The second-order valence-electron chi connectivity index (χ2n) is 6.10. The third-order valence-corrected chi connectivity index (χ3v) is 3.94. The van der Waals surface area contributed by atoms with Crippen LogP contribution < -0.4 is 5.43 Å². The fourth-order valence-corrected chi connectivity index (χ4v) is 2.53. The number of aryl methyl sites for hydroxylation is 1. The molecule has 0 aliphatic carbocycles. The van der Waals surface area contributed by atoms with Crippen molar-refractivity contribution in [2.24, 2.45) is 5.10 Å². The van der Waals surface area contributed by atoms with E-state index in [-0.39, 0.29) is 5.91 Å². The number of nitrogens with zero attached hydrogens (tertiary/aromatic N) is 1. The highest BCUT2D eigenvalue weighted by molar-refractivity contribution is 5.76. The minimum Gasteiger partial charge on any atom is -0.273 e. The first-order chi connectivity index (χ1) is 11.3. The van der Waals surface area contributed by atoms with E-state index in [0.717, 1.165) is 25.7 Å². The number of rotatable bonds is 13. The number of hydrogen-bond acceptors (Lipinski definition) is 2. The lowest BCUT2D eigenvalue weighted by atomic mass is 10.1. The maximum Gasteiger partial charge on any atom is 0.240 e. The van der Waals surface area contributed by atoms with Gasteiger partial charge in [0.2, 0.25) is 5.91 Å². The van der Waals surface area contributed by atoms with Crippen molar-refractivity contribution >= 4 is 12.1 Å². The van der Waals surface area contributed by atoms with Gasteiger partial charge in [-0.2, -0.15) is 5.10 Å². The van der Waals surface area contributed by atoms with E-state index in [4.69, 9.17) is 0 Å². The SMILES string of the molecule is CCCCCCCCCCC(=O)NN=CCCc1ccccc1. The van der Waals surface area contributed by atoms with E-state index in [1.54, 1.807) is 6.21 Å². The molecule has 0 aliphatic rings. The standard InChI is InChI=1S/C20H32N2O/c1-2-3-4-5-6-7-8-12-17-20(23)22-21-18-13-16-19-14-10-9-11-15-19/h9-11,14-15,18H,2-8,12-13,16-17H2,1H3,(H,22,23). The fourth-order valence-electron chi connectivity index (χ4n) is 2.53. The van der Waals surface area contributed by atoms with Gasteiger partial charge in [-0.25, -0.2) is 5.43 Å². The van der Waals surface area contributed by atoms with Crippen LogP contribution in [0.4, 0.5) is 0 Å². The molecule has 0 saturated carbocycles. The van der Waals surface area contributed by atoms with E-state index in [1.165, 1.54) is 44.1 Å². The van der Waals surface area contributed by atoms with Gasteiger partial charge in [0, 0.05) is 12.6 Å². The van der Waals surface area contributed by atoms with Crippen molar-refractivity contribution < 1.29 is 4.79 Å². The maximum absolute atomic E-state index is 11.6. The van der Waals surface area contributed by atoms with Crippen molar-refractivity contribution in [2.75, 3.05) is 0 Å². The summed E-state index contributed by atoms with van der Waals surface area (Å²) >= 11 is 0. The van der Waals surface area contributed by atoms with Gasteiger partial charge >= 0.3 is 0 Å². The first kappa shape index (κ1) is 19.4. The largest absolute Gasteiger partial charge is 0.273 e. The van der Waals surface area contributed by atoms with E-state index in [1.807, 2.05) is 18.2 Å². The molecule has 0 spiro atoms. The van der Waals surface area contributed by atoms with Crippen LogP contribution in [0.25, 0.3) is 0 Å². The van der Waals surface area contributed by atoms with E-state index in [0.29, 0.717) is 6.42 Å². The molecule has 1 N–H and O–H groups in total. The molecule has 0 unspecified atom stereocenters. The Morgan fingerprint density at radius 3 is 2.35 bits per heavy atom. The fraction of sp³-hybridized carbons (Fsp3) is 0.600. The lowest BCUT2D eigenvalue weighted by molar-refractivity contribution is -0.121. The van der Waals surface area contributed by atoms with Crippen LogP contribution in [0.1, 0.15) is 76.7 Å². The smallest absolute Gasteiger partial charge is 0.240 e. The van der Waals surface area contributed by atoms with Gasteiger partial charge in [-0.3, -0.25) is 4.79 Å². The third kappa shape index (κ3) is 11.6. The molecule has 128 valence electrons. The molecule has 1 aromatic carbocycles. The molecule has 0 saturated heterocycles. The van der Waals surface area contributed by atoms with Crippen molar-refractivity contribution in [1.82, 2.24) is 5.43 Å². The average Bonchev–Trinajstić information content (AvgIpc) is 2.58. The highest BCUT2D eigenvalue weighted by Crippen LogP contribution is 2.09. The summed E-state index contributed by atoms with van der Waals surface area (Å²) in [5.41, 5.74) is 3.91. The van der Waals surface area contributed by atoms with Gasteiger partial charge in [-0.15, -0.1) is 0 Å². The molecule has 0 bridgehead atoms. The Balaban J connectivity index is 1.92. The highest BCUT2D eigenvalue weighted by atomic mass is 16.2. The number of carbonyl (C=O) groups is 1. The Kier molecular flexibility index (Phi) is 11.8. The van der Waals surface area contributed by atoms with Crippen LogP contribution in [0.3, 0.4) is 0 Å². The molecule has 0 radical (unpaired) electrons. The Bertz CT molecular complexity index is 429. The molecular formula is C20H32N2O. The third-order valence-electron chi connectivity index (χ3n) is 3.94. The zero-order chi connectivity index (χ0) is 16.6. The first-order valence-corrected chi connectivity index (χ1v) is 9.17. The highest BCUT2D eigenvalue weighted by Gasteiger charge is 1.99. The Labute approximate surface area is 141 Å². The van der Waals surface area contributed by atoms with Gasteiger partial charge < -0.3 is 0 Å².